The minimum Gasteiger partial charge on any atom is -0.496 e. The lowest BCUT2D eigenvalue weighted by Crippen LogP contribution is -2.16. The second-order valence-electron chi connectivity index (χ2n) is 4.87. The van der Waals surface area contributed by atoms with Gasteiger partial charge in [-0.15, -0.1) is 0 Å². The van der Waals surface area contributed by atoms with Gasteiger partial charge in [-0.1, -0.05) is 26.0 Å². The van der Waals surface area contributed by atoms with Crippen LogP contribution in [0.1, 0.15) is 19.6 Å². The average molecular weight is 232 g/mol. The second-order valence-corrected chi connectivity index (χ2v) is 4.87. The van der Waals surface area contributed by atoms with Crippen LogP contribution in [0.15, 0.2) is 28.9 Å². The molecule has 0 saturated carbocycles. The quantitative estimate of drug-likeness (QED) is 0.760. The normalized spacial score (nSPS) is 11.7. The molecule has 0 N–H and O–H groups in total. The molecule has 17 heavy (non-hydrogen) atoms. The molecule has 0 aliphatic rings. The van der Waals surface area contributed by atoms with Crippen molar-refractivity contribution >= 4 is 17.1 Å². The number of benzene rings is 1. The van der Waals surface area contributed by atoms with Crippen LogP contribution >= 0.6 is 0 Å². The zero-order chi connectivity index (χ0) is 12.5. The average Bonchev–Trinajstić information content (AvgIpc) is 2.72. The van der Waals surface area contributed by atoms with Gasteiger partial charge in [0.15, 0.2) is 0 Å². The number of ether oxygens (including phenoxy) is 1. The summed E-state index contributed by atoms with van der Waals surface area (Å²) in [6.45, 7) is 3.79. The Bertz CT molecular complexity index is 537. The highest BCUT2D eigenvalue weighted by atomic mass is 16.5. The third-order valence-corrected chi connectivity index (χ3v) is 2.82. The summed E-state index contributed by atoms with van der Waals surface area (Å²) in [6.07, 6.45) is 3.23. The highest BCUT2D eigenvalue weighted by molar-refractivity contribution is 5.90. The molecule has 3 nitrogen and oxygen atoms in total. The van der Waals surface area contributed by atoms with Gasteiger partial charge in [-0.2, -0.15) is 0 Å². The van der Waals surface area contributed by atoms with Crippen LogP contribution in [0, 0.1) is 5.41 Å². The maximum absolute atomic E-state index is 11.0. The lowest BCUT2D eigenvalue weighted by atomic mass is 9.89. The summed E-state index contributed by atoms with van der Waals surface area (Å²) in [5, 5.41) is 1.96. The van der Waals surface area contributed by atoms with E-state index in [0.29, 0.717) is 6.42 Å². The molecule has 2 aromatic rings. The van der Waals surface area contributed by atoms with Crippen molar-refractivity contribution in [3.05, 3.63) is 30.2 Å². The maximum atomic E-state index is 11.0. The largest absolute Gasteiger partial charge is 0.496 e. The van der Waals surface area contributed by atoms with Gasteiger partial charge in [0.25, 0.3) is 0 Å². The molecular formula is C14H16O3. The molecule has 0 saturated heterocycles. The first-order valence-corrected chi connectivity index (χ1v) is 5.57. The van der Waals surface area contributed by atoms with E-state index in [1.54, 1.807) is 13.4 Å². The van der Waals surface area contributed by atoms with E-state index in [-0.39, 0.29) is 0 Å². The Morgan fingerprint density at radius 1 is 1.41 bits per heavy atom. The van der Waals surface area contributed by atoms with Crippen molar-refractivity contribution in [1.82, 2.24) is 0 Å². The Kier molecular flexibility index (Phi) is 2.92. The molecule has 1 aromatic heterocycles. The van der Waals surface area contributed by atoms with Crippen molar-refractivity contribution in [3.8, 4) is 5.75 Å². The summed E-state index contributed by atoms with van der Waals surface area (Å²) in [5.41, 5.74) is -0.425. The second kappa shape index (κ2) is 4.24. The van der Waals surface area contributed by atoms with Gasteiger partial charge >= 0.3 is 0 Å². The van der Waals surface area contributed by atoms with Gasteiger partial charge in [0.2, 0.25) is 0 Å². The highest BCUT2D eigenvalue weighted by Crippen LogP contribution is 2.33. The lowest BCUT2D eigenvalue weighted by Gasteiger charge is -2.15. The fourth-order valence-electron chi connectivity index (χ4n) is 1.89. The van der Waals surface area contributed by atoms with Gasteiger partial charge in [0.1, 0.15) is 17.8 Å². The minimum atomic E-state index is -0.425. The number of hydrogen-bond donors (Lipinski definition) is 0. The van der Waals surface area contributed by atoms with E-state index in [4.69, 9.17) is 9.15 Å². The number of hydrogen-bond acceptors (Lipinski definition) is 3. The first kappa shape index (κ1) is 11.7. The summed E-state index contributed by atoms with van der Waals surface area (Å²) < 4.78 is 10.9. The van der Waals surface area contributed by atoms with Crippen LogP contribution in [0.3, 0.4) is 0 Å². The van der Waals surface area contributed by atoms with E-state index < -0.39 is 5.41 Å². The van der Waals surface area contributed by atoms with Crippen molar-refractivity contribution in [3.63, 3.8) is 0 Å². The highest BCUT2D eigenvalue weighted by Gasteiger charge is 2.22. The van der Waals surface area contributed by atoms with Gasteiger partial charge in [-0.3, -0.25) is 0 Å². The van der Waals surface area contributed by atoms with Crippen LogP contribution in [0.2, 0.25) is 0 Å². The third kappa shape index (κ3) is 2.18. The number of aldehydes is 1. The molecule has 3 heteroatoms. The Hall–Kier alpha value is -1.77. The van der Waals surface area contributed by atoms with E-state index >= 15 is 0 Å². The van der Waals surface area contributed by atoms with Crippen LogP contribution < -0.4 is 4.74 Å². The van der Waals surface area contributed by atoms with Crippen molar-refractivity contribution in [1.29, 1.82) is 0 Å². The van der Waals surface area contributed by atoms with E-state index in [9.17, 15) is 4.79 Å². The van der Waals surface area contributed by atoms with Gasteiger partial charge < -0.3 is 13.9 Å². The molecule has 2 rings (SSSR count). The lowest BCUT2D eigenvalue weighted by molar-refractivity contribution is -0.114. The molecule has 0 radical (unpaired) electrons. The Balaban J connectivity index is 2.51. The zero-order valence-corrected chi connectivity index (χ0v) is 10.3. The number of fused-ring (bicyclic) bond motifs is 1. The predicted octanol–water partition coefficient (Wildman–Crippen LogP) is 3.21. The molecule has 0 aliphatic carbocycles. The van der Waals surface area contributed by atoms with E-state index in [1.165, 1.54) is 0 Å². The smallest absolute Gasteiger partial charge is 0.130 e. The van der Waals surface area contributed by atoms with Crippen molar-refractivity contribution in [2.45, 2.75) is 20.3 Å². The van der Waals surface area contributed by atoms with Crippen molar-refractivity contribution in [2.75, 3.05) is 7.11 Å². The van der Waals surface area contributed by atoms with E-state index in [1.807, 2.05) is 32.0 Å². The van der Waals surface area contributed by atoms with E-state index in [0.717, 1.165) is 28.6 Å². The Morgan fingerprint density at radius 3 is 2.82 bits per heavy atom. The molecule has 0 aliphatic heterocycles. The summed E-state index contributed by atoms with van der Waals surface area (Å²) in [5.74, 6) is 1.59. The SMILES string of the molecule is COc1cccc2coc(CC(C)(C)C=O)c12. The maximum Gasteiger partial charge on any atom is 0.130 e. The summed E-state index contributed by atoms with van der Waals surface area (Å²) in [6, 6.07) is 5.79. The van der Waals surface area contributed by atoms with Crippen molar-refractivity contribution < 1.29 is 13.9 Å². The Labute approximate surface area is 100 Å². The summed E-state index contributed by atoms with van der Waals surface area (Å²) in [7, 11) is 1.64. The van der Waals surface area contributed by atoms with E-state index in [2.05, 4.69) is 0 Å². The summed E-state index contributed by atoms with van der Waals surface area (Å²) in [4.78, 5) is 11.0. The van der Waals surface area contributed by atoms with Crippen LogP contribution in [0.5, 0.6) is 5.75 Å². The van der Waals surface area contributed by atoms with Crippen LogP contribution in [0.25, 0.3) is 10.8 Å². The number of carbonyl (C=O) groups excluding carboxylic acids is 1. The molecule has 0 amide bonds. The number of furan rings is 1. The first-order valence-electron chi connectivity index (χ1n) is 5.57. The standard InChI is InChI=1S/C14H16O3/c1-14(2,9-15)7-12-13-10(8-17-12)5-4-6-11(13)16-3/h4-6,8-9H,7H2,1-3H3. The monoisotopic (exact) mass is 232 g/mol. The van der Waals surface area contributed by atoms with Gasteiger partial charge in [0.05, 0.1) is 18.8 Å². The number of rotatable bonds is 4. The van der Waals surface area contributed by atoms with Gasteiger partial charge in [0, 0.05) is 17.2 Å². The van der Waals surface area contributed by atoms with Gasteiger partial charge in [-0.05, 0) is 6.07 Å². The molecule has 0 spiro atoms. The summed E-state index contributed by atoms with van der Waals surface area (Å²) >= 11 is 0. The fraction of sp³-hybridized carbons (Fsp3) is 0.357. The van der Waals surface area contributed by atoms with Crippen LogP contribution in [-0.4, -0.2) is 13.4 Å². The fourth-order valence-corrected chi connectivity index (χ4v) is 1.89. The Morgan fingerprint density at radius 2 is 2.18 bits per heavy atom. The topological polar surface area (TPSA) is 39.4 Å². The third-order valence-electron chi connectivity index (χ3n) is 2.82. The molecule has 0 fully saturated rings. The zero-order valence-electron chi connectivity index (χ0n) is 10.3. The molecule has 1 heterocycles. The molecule has 0 bridgehead atoms. The van der Waals surface area contributed by atoms with Crippen LogP contribution in [0.4, 0.5) is 0 Å². The van der Waals surface area contributed by atoms with Gasteiger partial charge in [-0.25, -0.2) is 0 Å². The predicted molar refractivity (Wildman–Crippen MR) is 66.3 cm³/mol. The molecule has 1 aromatic carbocycles. The first-order chi connectivity index (χ1) is 8.07. The molecule has 90 valence electrons. The van der Waals surface area contributed by atoms with Crippen molar-refractivity contribution in [2.24, 2.45) is 5.41 Å². The van der Waals surface area contributed by atoms with Crippen LogP contribution in [-0.2, 0) is 11.2 Å². The minimum absolute atomic E-state index is 0.425. The molecule has 0 atom stereocenters. The number of carbonyl (C=O) groups is 1. The molecule has 0 unspecified atom stereocenters. The number of methoxy groups -OCH3 is 1. The molecular weight excluding hydrogens is 216 g/mol.